The number of hydrogen-bond acceptors (Lipinski definition) is 3. The van der Waals surface area contributed by atoms with Crippen LogP contribution in [0.5, 0.6) is 5.75 Å². The molecule has 1 heterocycles. The number of hydrogen-bond donors (Lipinski definition) is 2. The van der Waals surface area contributed by atoms with Crippen molar-refractivity contribution in [2.75, 3.05) is 18.5 Å². The predicted molar refractivity (Wildman–Crippen MR) is 95.7 cm³/mol. The fourth-order valence-corrected chi connectivity index (χ4v) is 2.45. The Morgan fingerprint density at radius 3 is 2.88 bits per heavy atom. The van der Waals surface area contributed by atoms with E-state index < -0.39 is 11.8 Å². The Morgan fingerprint density at radius 1 is 1.20 bits per heavy atom. The van der Waals surface area contributed by atoms with Gasteiger partial charge in [0.25, 0.3) is 0 Å². The average molecular weight is 360 g/mol. The van der Waals surface area contributed by atoms with Crippen molar-refractivity contribution < 1.29 is 13.9 Å². The third kappa shape index (κ3) is 4.36. The summed E-state index contributed by atoms with van der Waals surface area (Å²) in [7, 11) is 0. The van der Waals surface area contributed by atoms with Crippen molar-refractivity contribution in [1.29, 1.82) is 0 Å². The van der Waals surface area contributed by atoms with Crippen molar-refractivity contribution in [3.05, 3.63) is 65.6 Å². The lowest BCUT2D eigenvalue weighted by molar-refractivity contribution is 0.247. The number of carbonyl (C=O) groups is 1. The van der Waals surface area contributed by atoms with E-state index in [2.05, 4.69) is 15.6 Å². The molecular formula is C18H15ClFN3O2. The number of nitrogens with zero attached hydrogens (tertiary/aromatic N) is 1. The first-order valence-corrected chi connectivity index (χ1v) is 7.98. The van der Waals surface area contributed by atoms with E-state index in [1.807, 2.05) is 30.3 Å². The highest BCUT2D eigenvalue weighted by Gasteiger charge is 2.06. The second-order valence-electron chi connectivity index (χ2n) is 5.19. The van der Waals surface area contributed by atoms with Gasteiger partial charge < -0.3 is 15.4 Å². The second-order valence-corrected chi connectivity index (χ2v) is 5.60. The van der Waals surface area contributed by atoms with Gasteiger partial charge in [-0.2, -0.15) is 0 Å². The van der Waals surface area contributed by atoms with Crippen LogP contribution in [0.4, 0.5) is 14.9 Å². The van der Waals surface area contributed by atoms with Gasteiger partial charge in [0.2, 0.25) is 0 Å². The van der Waals surface area contributed by atoms with Gasteiger partial charge in [0.05, 0.1) is 11.6 Å². The topological polar surface area (TPSA) is 63.2 Å². The van der Waals surface area contributed by atoms with E-state index in [-0.39, 0.29) is 11.6 Å². The molecule has 5 nitrogen and oxygen atoms in total. The zero-order valence-corrected chi connectivity index (χ0v) is 13.9. The molecule has 25 heavy (non-hydrogen) atoms. The summed E-state index contributed by atoms with van der Waals surface area (Å²) in [6.07, 6.45) is 1.70. The van der Waals surface area contributed by atoms with Gasteiger partial charge in [0.1, 0.15) is 23.7 Å². The molecule has 2 N–H and O–H groups in total. The average Bonchev–Trinajstić information content (AvgIpc) is 2.62. The lowest BCUT2D eigenvalue weighted by Gasteiger charge is -2.10. The summed E-state index contributed by atoms with van der Waals surface area (Å²) in [5, 5.41) is 6.15. The number of fused-ring (bicyclic) bond motifs is 1. The minimum Gasteiger partial charge on any atom is -0.489 e. The van der Waals surface area contributed by atoms with E-state index in [9.17, 15) is 9.18 Å². The third-order valence-electron chi connectivity index (χ3n) is 3.42. The Hall–Kier alpha value is -2.86. The molecular weight excluding hydrogens is 345 g/mol. The first-order chi connectivity index (χ1) is 12.1. The highest BCUT2D eigenvalue weighted by molar-refractivity contribution is 6.31. The Labute approximate surface area is 148 Å². The number of nitrogens with one attached hydrogen (secondary N) is 2. The monoisotopic (exact) mass is 359 g/mol. The fraction of sp³-hybridized carbons (Fsp3) is 0.111. The molecule has 0 aliphatic carbocycles. The molecule has 3 aromatic rings. The lowest BCUT2D eigenvalue weighted by atomic mass is 10.2. The number of amides is 2. The summed E-state index contributed by atoms with van der Waals surface area (Å²) < 4.78 is 18.8. The minimum atomic E-state index is -0.537. The quantitative estimate of drug-likeness (QED) is 0.670. The van der Waals surface area contributed by atoms with E-state index in [0.717, 1.165) is 10.9 Å². The molecule has 0 bridgehead atoms. The molecule has 2 amide bonds. The maximum atomic E-state index is 13.1. The van der Waals surface area contributed by atoms with Crippen molar-refractivity contribution in [2.24, 2.45) is 0 Å². The highest BCUT2D eigenvalue weighted by atomic mass is 35.5. The maximum absolute atomic E-state index is 13.1. The number of para-hydroxylation sites is 1. The minimum absolute atomic E-state index is 0.0513. The SMILES string of the molecule is O=C(NCCOc1cccc2cccnc12)Nc1ccc(F)c(Cl)c1. The van der Waals surface area contributed by atoms with Crippen LogP contribution >= 0.6 is 11.6 Å². The zero-order chi connectivity index (χ0) is 17.6. The van der Waals surface area contributed by atoms with Crippen molar-refractivity contribution >= 4 is 34.2 Å². The van der Waals surface area contributed by atoms with Crippen LogP contribution in [0.15, 0.2) is 54.7 Å². The fourth-order valence-electron chi connectivity index (χ4n) is 2.27. The number of anilines is 1. The van der Waals surface area contributed by atoms with Crippen molar-refractivity contribution in [3.8, 4) is 5.75 Å². The van der Waals surface area contributed by atoms with Gasteiger partial charge in [-0.1, -0.05) is 29.8 Å². The molecule has 0 saturated heterocycles. The van der Waals surface area contributed by atoms with Crippen LogP contribution in [0.3, 0.4) is 0 Å². The summed E-state index contributed by atoms with van der Waals surface area (Å²) in [4.78, 5) is 16.1. The Balaban J connectivity index is 1.49. The molecule has 0 unspecified atom stereocenters. The first-order valence-electron chi connectivity index (χ1n) is 7.60. The summed E-state index contributed by atoms with van der Waals surface area (Å²) in [5.74, 6) is 0.121. The zero-order valence-electron chi connectivity index (χ0n) is 13.1. The van der Waals surface area contributed by atoms with Crippen molar-refractivity contribution in [1.82, 2.24) is 10.3 Å². The highest BCUT2D eigenvalue weighted by Crippen LogP contribution is 2.22. The molecule has 0 saturated carbocycles. The smallest absolute Gasteiger partial charge is 0.319 e. The molecule has 0 radical (unpaired) electrons. The Bertz CT molecular complexity index is 899. The summed E-state index contributed by atoms with van der Waals surface area (Å²) in [6, 6.07) is 13.0. The molecule has 0 spiro atoms. The van der Waals surface area contributed by atoms with Gasteiger partial charge in [-0.3, -0.25) is 4.98 Å². The van der Waals surface area contributed by atoms with Crippen LogP contribution in [0, 0.1) is 5.82 Å². The maximum Gasteiger partial charge on any atom is 0.319 e. The van der Waals surface area contributed by atoms with Gasteiger partial charge in [0.15, 0.2) is 0 Å². The van der Waals surface area contributed by atoms with E-state index in [4.69, 9.17) is 16.3 Å². The van der Waals surface area contributed by atoms with Crippen LogP contribution < -0.4 is 15.4 Å². The van der Waals surface area contributed by atoms with Crippen LogP contribution in [-0.4, -0.2) is 24.2 Å². The number of pyridine rings is 1. The predicted octanol–water partition coefficient (Wildman–Crippen LogP) is 4.23. The van der Waals surface area contributed by atoms with Gasteiger partial charge in [-0.05, 0) is 30.3 Å². The number of benzene rings is 2. The molecule has 1 aromatic heterocycles. The summed E-state index contributed by atoms with van der Waals surface area (Å²) in [5.41, 5.74) is 1.18. The van der Waals surface area contributed by atoms with Crippen molar-refractivity contribution in [3.63, 3.8) is 0 Å². The van der Waals surface area contributed by atoms with Gasteiger partial charge in [-0.15, -0.1) is 0 Å². The van der Waals surface area contributed by atoms with E-state index >= 15 is 0 Å². The molecule has 128 valence electrons. The normalized spacial score (nSPS) is 10.5. The number of aromatic nitrogens is 1. The third-order valence-corrected chi connectivity index (χ3v) is 3.71. The number of halogens is 2. The van der Waals surface area contributed by atoms with Gasteiger partial charge >= 0.3 is 6.03 Å². The molecule has 0 aliphatic rings. The number of ether oxygens (including phenoxy) is 1. The van der Waals surface area contributed by atoms with E-state index in [0.29, 0.717) is 18.0 Å². The van der Waals surface area contributed by atoms with E-state index in [1.165, 1.54) is 18.2 Å². The molecule has 7 heteroatoms. The lowest BCUT2D eigenvalue weighted by Crippen LogP contribution is -2.32. The molecule has 0 aliphatic heterocycles. The number of carbonyl (C=O) groups excluding carboxylic acids is 1. The summed E-state index contributed by atoms with van der Waals surface area (Å²) >= 11 is 5.67. The van der Waals surface area contributed by atoms with Crippen LogP contribution in [0.25, 0.3) is 10.9 Å². The van der Waals surface area contributed by atoms with Gasteiger partial charge in [0, 0.05) is 17.3 Å². The van der Waals surface area contributed by atoms with Crippen LogP contribution in [0.1, 0.15) is 0 Å². The molecule has 0 fully saturated rings. The van der Waals surface area contributed by atoms with Crippen LogP contribution in [-0.2, 0) is 0 Å². The van der Waals surface area contributed by atoms with Gasteiger partial charge in [-0.25, -0.2) is 9.18 Å². The molecule has 0 atom stereocenters. The molecule has 3 rings (SSSR count). The number of urea groups is 1. The number of rotatable bonds is 5. The van der Waals surface area contributed by atoms with Crippen LogP contribution in [0.2, 0.25) is 5.02 Å². The molecule has 2 aromatic carbocycles. The standard InChI is InChI=1S/C18H15ClFN3O2/c19-14-11-13(6-7-15(14)20)23-18(24)22-9-10-25-16-5-1-3-12-4-2-8-21-17(12)16/h1-8,11H,9-10H2,(H2,22,23,24). The van der Waals surface area contributed by atoms with Crippen molar-refractivity contribution in [2.45, 2.75) is 0 Å². The van der Waals surface area contributed by atoms with E-state index in [1.54, 1.807) is 6.20 Å². The Kier molecular flexibility index (Phi) is 5.30. The Morgan fingerprint density at radius 2 is 2.04 bits per heavy atom. The first kappa shape index (κ1) is 17.0. The summed E-state index contributed by atoms with van der Waals surface area (Å²) in [6.45, 7) is 0.581. The second kappa shape index (κ2) is 7.81. The largest absolute Gasteiger partial charge is 0.489 e.